The van der Waals surface area contributed by atoms with Gasteiger partial charge >= 0.3 is 0 Å². The van der Waals surface area contributed by atoms with Crippen LogP contribution in [0.4, 0.5) is 5.82 Å². The van der Waals surface area contributed by atoms with E-state index in [4.69, 9.17) is 9.72 Å². The van der Waals surface area contributed by atoms with E-state index in [-0.39, 0.29) is 6.10 Å². The first-order valence-electron chi connectivity index (χ1n) is 8.86. The Labute approximate surface area is 153 Å². The maximum atomic E-state index is 6.01. The van der Waals surface area contributed by atoms with Crippen molar-refractivity contribution in [2.45, 2.75) is 12.6 Å². The third-order valence-electron chi connectivity index (χ3n) is 4.83. The molecule has 1 fully saturated rings. The molecule has 0 amide bonds. The number of benzene rings is 1. The number of para-hydroxylation sites is 2. The second kappa shape index (κ2) is 7.01. The molecule has 1 unspecified atom stereocenters. The highest BCUT2D eigenvalue weighted by molar-refractivity contribution is 5.75. The second-order valence-electron chi connectivity index (χ2n) is 6.83. The lowest BCUT2D eigenvalue weighted by Gasteiger charge is -2.33. The molecule has 136 valence electrons. The van der Waals surface area contributed by atoms with Crippen LogP contribution < -0.4 is 4.90 Å². The third kappa shape index (κ3) is 3.15. The fourth-order valence-electron chi connectivity index (χ4n) is 3.46. The minimum Gasteiger partial charge on any atom is -0.369 e. The number of aryl methyl sites for hydroxylation is 1. The summed E-state index contributed by atoms with van der Waals surface area (Å²) >= 11 is 0. The molecule has 7 heteroatoms. The predicted molar refractivity (Wildman–Crippen MR) is 101 cm³/mol. The summed E-state index contributed by atoms with van der Waals surface area (Å²) in [5, 5.41) is 0. The summed E-state index contributed by atoms with van der Waals surface area (Å²) in [7, 11) is 6.04. The van der Waals surface area contributed by atoms with Crippen molar-refractivity contribution in [1.29, 1.82) is 0 Å². The van der Waals surface area contributed by atoms with Crippen LogP contribution in [0, 0.1) is 0 Å². The fraction of sp³-hybridized carbons (Fsp3) is 0.421. The smallest absolute Gasteiger partial charge is 0.152 e. The van der Waals surface area contributed by atoms with Gasteiger partial charge in [-0.3, -0.25) is 9.88 Å². The van der Waals surface area contributed by atoms with Crippen molar-refractivity contribution in [1.82, 2.24) is 24.4 Å². The third-order valence-corrected chi connectivity index (χ3v) is 4.83. The van der Waals surface area contributed by atoms with E-state index in [1.165, 1.54) is 0 Å². The van der Waals surface area contributed by atoms with Crippen LogP contribution in [0.15, 0.2) is 36.7 Å². The number of hydrogen-bond donors (Lipinski definition) is 0. The average Bonchev–Trinajstić information content (AvgIpc) is 2.98. The standard InChI is InChI=1S/C19H24N6O/c1-23(2)19-18(20-8-9-21-19)16-12-25(10-11-26-16)13-17-22-14-6-4-5-7-15(14)24(17)3/h4-9,16H,10-13H2,1-3H3. The number of fused-ring (bicyclic) bond motifs is 1. The number of ether oxygens (including phenoxy) is 1. The molecule has 4 rings (SSSR count). The average molecular weight is 352 g/mol. The molecule has 1 aliphatic heterocycles. The minimum atomic E-state index is -0.0791. The van der Waals surface area contributed by atoms with Crippen LogP contribution in [0.5, 0.6) is 0 Å². The lowest BCUT2D eigenvalue weighted by atomic mass is 10.2. The number of imidazole rings is 1. The largest absolute Gasteiger partial charge is 0.369 e. The van der Waals surface area contributed by atoms with Gasteiger partial charge < -0.3 is 14.2 Å². The number of nitrogens with zero attached hydrogens (tertiary/aromatic N) is 6. The molecule has 1 aliphatic rings. The summed E-state index contributed by atoms with van der Waals surface area (Å²) in [6.07, 6.45) is 3.37. The fourth-order valence-corrected chi connectivity index (χ4v) is 3.46. The van der Waals surface area contributed by atoms with Gasteiger partial charge in [-0.1, -0.05) is 12.1 Å². The van der Waals surface area contributed by atoms with Crippen molar-refractivity contribution in [3.63, 3.8) is 0 Å². The molecule has 1 aromatic carbocycles. The predicted octanol–water partition coefficient (Wildman–Crippen LogP) is 2.00. The van der Waals surface area contributed by atoms with Crippen LogP contribution in [-0.2, 0) is 18.3 Å². The van der Waals surface area contributed by atoms with E-state index in [0.717, 1.165) is 48.0 Å². The second-order valence-corrected chi connectivity index (χ2v) is 6.83. The molecule has 1 atom stereocenters. The van der Waals surface area contributed by atoms with Crippen LogP contribution in [0.2, 0.25) is 0 Å². The van der Waals surface area contributed by atoms with Crippen LogP contribution in [0.25, 0.3) is 11.0 Å². The van der Waals surface area contributed by atoms with Gasteiger partial charge in [-0.2, -0.15) is 0 Å². The zero-order valence-corrected chi connectivity index (χ0v) is 15.5. The molecule has 3 aromatic rings. The van der Waals surface area contributed by atoms with Gasteiger partial charge in [0.1, 0.15) is 17.6 Å². The monoisotopic (exact) mass is 352 g/mol. The van der Waals surface area contributed by atoms with Crippen molar-refractivity contribution in [2.24, 2.45) is 7.05 Å². The molecule has 0 bridgehead atoms. The van der Waals surface area contributed by atoms with Gasteiger partial charge in [-0.15, -0.1) is 0 Å². The zero-order valence-electron chi connectivity index (χ0n) is 15.5. The molecule has 3 heterocycles. The first-order valence-corrected chi connectivity index (χ1v) is 8.86. The Bertz CT molecular complexity index is 906. The summed E-state index contributed by atoms with van der Waals surface area (Å²) in [5.74, 6) is 1.93. The Hall–Kier alpha value is -2.51. The van der Waals surface area contributed by atoms with Gasteiger partial charge in [0, 0.05) is 46.6 Å². The Morgan fingerprint density at radius 2 is 2.00 bits per heavy atom. The molecule has 0 saturated carbocycles. The van der Waals surface area contributed by atoms with Crippen LogP contribution in [0.1, 0.15) is 17.6 Å². The van der Waals surface area contributed by atoms with E-state index in [0.29, 0.717) is 6.61 Å². The Kier molecular flexibility index (Phi) is 4.57. The molecule has 1 saturated heterocycles. The van der Waals surface area contributed by atoms with Crippen molar-refractivity contribution in [3.05, 3.63) is 48.2 Å². The molecule has 2 aromatic heterocycles. The van der Waals surface area contributed by atoms with Gasteiger partial charge in [-0.05, 0) is 12.1 Å². The number of anilines is 1. The van der Waals surface area contributed by atoms with Gasteiger partial charge in [0.15, 0.2) is 5.82 Å². The zero-order chi connectivity index (χ0) is 18.1. The molecular weight excluding hydrogens is 328 g/mol. The molecule has 0 N–H and O–H groups in total. The quantitative estimate of drug-likeness (QED) is 0.716. The molecule has 0 spiro atoms. The number of aromatic nitrogens is 4. The summed E-state index contributed by atoms with van der Waals surface area (Å²) in [6, 6.07) is 8.25. The van der Waals surface area contributed by atoms with Gasteiger partial charge in [0.25, 0.3) is 0 Å². The van der Waals surface area contributed by atoms with E-state index < -0.39 is 0 Å². The van der Waals surface area contributed by atoms with Crippen molar-refractivity contribution >= 4 is 16.9 Å². The Morgan fingerprint density at radius 3 is 2.81 bits per heavy atom. The minimum absolute atomic E-state index is 0.0791. The highest BCUT2D eigenvalue weighted by Gasteiger charge is 2.27. The highest BCUT2D eigenvalue weighted by atomic mass is 16.5. The first kappa shape index (κ1) is 16.9. The van der Waals surface area contributed by atoms with E-state index in [1.807, 2.05) is 25.1 Å². The maximum absolute atomic E-state index is 6.01. The van der Waals surface area contributed by atoms with Crippen molar-refractivity contribution < 1.29 is 4.74 Å². The molecule has 7 nitrogen and oxygen atoms in total. The van der Waals surface area contributed by atoms with Crippen LogP contribution >= 0.6 is 0 Å². The van der Waals surface area contributed by atoms with Crippen LogP contribution in [-0.4, -0.2) is 58.2 Å². The number of rotatable bonds is 4. The summed E-state index contributed by atoms with van der Waals surface area (Å²) in [4.78, 5) is 18.1. The van der Waals surface area contributed by atoms with Gasteiger partial charge in [-0.25, -0.2) is 9.97 Å². The first-order chi connectivity index (χ1) is 12.6. The van der Waals surface area contributed by atoms with E-state index in [1.54, 1.807) is 12.4 Å². The summed E-state index contributed by atoms with van der Waals surface area (Å²) in [5.41, 5.74) is 3.10. The number of hydrogen-bond acceptors (Lipinski definition) is 6. The summed E-state index contributed by atoms with van der Waals surface area (Å²) < 4.78 is 8.19. The van der Waals surface area contributed by atoms with Crippen LogP contribution in [0.3, 0.4) is 0 Å². The van der Waals surface area contributed by atoms with Gasteiger partial charge in [0.2, 0.25) is 0 Å². The summed E-state index contributed by atoms with van der Waals surface area (Å²) in [6.45, 7) is 3.14. The lowest BCUT2D eigenvalue weighted by Crippen LogP contribution is -2.39. The number of morpholine rings is 1. The molecule has 26 heavy (non-hydrogen) atoms. The van der Waals surface area contributed by atoms with Crippen molar-refractivity contribution in [3.8, 4) is 0 Å². The molecule has 0 radical (unpaired) electrons. The van der Waals surface area contributed by atoms with E-state index in [2.05, 4.69) is 44.7 Å². The van der Waals surface area contributed by atoms with E-state index in [9.17, 15) is 0 Å². The Balaban J connectivity index is 1.55. The molecule has 0 aliphatic carbocycles. The Morgan fingerprint density at radius 1 is 1.19 bits per heavy atom. The van der Waals surface area contributed by atoms with Crippen molar-refractivity contribution in [2.75, 3.05) is 38.7 Å². The molecular formula is C19H24N6O. The van der Waals surface area contributed by atoms with E-state index >= 15 is 0 Å². The maximum Gasteiger partial charge on any atom is 0.152 e. The normalized spacial score (nSPS) is 18.3. The highest BCUT2D eigenvalue weighted by Crippen LogP contribution is 2.27. The SMILES string of the molecule is CN(C)c1nccnc1C1CN(Cc2nc3ccccc3n2C)CCO1. The van der Waals surface area contributed by atoms with Gasteiger partial charge in [0.05, 0.1) is 24.2 Å². The lowest BCUT2D eigenvalue weighted by molar-refractivity contribution is -0.0357. The topological polar surface area (TPSA) is 59.3 Å².